The molecule has 9 nitrogen and oxygen atoms in total. The highest BCUT2D eigenvalue weighted by Crippen LogP contribution is 2.31. The summed E-state index contributed by atoms with van der Waals surface area (Å²) < 4.78 is 18.6. The number of thiazole rings is 1. The van der Waals surface area contributed by atoms with Crippen LogP contribution >= 0.6 is 11.3 Å². The minimum atomic E-state index is -0.673. The second kappa shape index (κ2) is 12.9. The fourth-order valence-electron chi connectivity index (χ4n) is 4.77. The number of nitrogens with one attached hydrogen (secondary N) is 1. The summed E-state index contributed by atoms with van der Waals surface area (Å²) in [5, 5.41) is 2.81. The first kappa shape index (κ1) is 29.5. The predicted molar refractivity (Wildman–Crippen MR) is 165 cm³/mol. The van der Waals surface area contributed by atoms with Gasteiger partial charge in [-0.05, 0) is 62.2 Å². The molecule has 220 valence electrons. The Bertz CT molecular complexity index is 1870. The molecule has 0 aliphatic carbocycles. The number of fused-ring (bicyclic) bond motifs is 1. The third-order valence-corrected chi connectivity index (χ3v) is 7.78. The molecule has 0 bridgehead atoms. The number of anilines is 1. The summed E-state index contributed by atoms with van der Waals surface area (Å²) in [6, 6.07) is 21.4. The van der Waals surface area contributed by atoms with E-state index in [4.69, 9.17) is 14.2 Å². The van der Waals surface area contributed by atoms with Crippen molar-refractivity contribution in [2.45, 2.75) is 26.8 Å². The van der Waals surface area contributed by atoms with E-state index in [1.807, 2.05) is 68.4 Å². The Balaban J connectivity index is 1.45. The number of carbonyl (C=O) groups is 2. The van der Waals surface area contributed by atoms with Crippen LogP contribution in [0.2, 0.25) is 0 Å². The van der Waals surface area contributed by atoms with Crippen LogP contribution in [0.15, 0.2) is 93.9 Å². The topological polar surface area (TPSA) is 108 Å². The fraction of sp³-hybridized carbons (Fsp3) is 0.212. The van der Waals surface area contributed by atoms with E-state index in [1.54, 1.807) is 35.8 Å². The van der Waals surface area contributed by atoms with E-state index in [2.05, 4.69) is 10.3 Å². The number of rotatable bonds is 9. The van der Waals surface area contributed by atoms with Crippen LogP contribution < -0.4 is 29.7 Å². The van der Waals surface area contributed by atoms with Crippen molar-refractivity contribution < 1.29 is 23.8 Å². The molecule has 0 saturated carbocycles. The molecular weight excluding hydrogens is 566 g/mol. The highest BCUT2D eigenvalue weighted by Gasteiger charge is 2.32. The van der Waals surface area contributed by atoms with Crippen molar-refractivity contribution in [2.75, 3.05) is 25.6 Å². The van der Waals surface area contributed by atoms with Crippen molar-refractivity contribution >= 4 is 35.0 Å². The maximum atomic E-state index is 13.8. The molecule has 1 N–H and O–H groups in total. The van der Waals surface area contributed by atoms with Crippen LogP contribution in [0.5, 0.6) is 11.5 Å². The lowest BCUT2D eigenvalue weighted by Gasteiger charge is -2.24. The number of carbonyl (C=O) groups excluding carboxylic acids is 2. The molecule has 0 radical (unpaired) electrons. The number of ether oxygens (including phenoxy) is 3. The van der Waals surface area contributed by atoms with Crippen molar-refractivity contribution in [3.8, 4) is 11.5 Å². The quantitative estimate of drug-likeness (QED) is 0.291. The Morgan fingerprint density at radius 2 is 1.74 bits per heavy atom. The van der Waals surface area contributed by atoms with E-state index in [0.29, 0.717) is 50.0 Å². The van der Waals surface area contributed by atoms with Gasteiger partial charge in [0.15, 0.2) is 22.9 Å². The number of nitrogens with zero attached hydrogens (tertiary/aromatic N) is 2. The van der Waals surface area contributed by atoms with E-state index >= 15 is 0 Å². The molecule has 0 saturated heterocycles. The molecule has 1 aliphatic rings. The highest BCUT2D eigenvalue weighted by atomic mass is 32.1. The summed E-state index contributed by atoms with van der Waals surface area (Å²) in [7, 11) is 1.32. The van der Waals surface area contributed by atoms with Crippen molar-refractivity contribution in [3.05, 3.63) is 120 Å². The fourth-order valence-corrected chi connectivity index (χ4v) is 5.82. The Morgan fingerprint density at radius 1 is 1.00 bits per heavy atom. The van der Waals surface area contributed by atoms with E-state index in [-0.39, 0.29) is 18.1 Å². The van der Waals surface area contributed by atoms with Gasteiger partial charge in [-0.25, -0.2) is 9.79 Å². The summed E-state index contributed by atoms with van der Waals surface area (Å²) in [5.41, 5.74) is 3.80. The lowest BCUT2D eigenvalue weighted by atomic mass is 9.96. The summed E-state index contributed by atoms with van der Waals surface area (Å²) in [6.45, 7) is 5.75. The maximum absolute atomic E-state index is 13.8. The molecule has 1 aliphatic heterocycles. The summed E-state index contributed by atoms with van der Waals surface area (Å²) in [4.78, 5) is 44.1. The highest BCUT2D eigenvalue weighted by molar-refractivity contribution is 7.07. The minimum Gasteiger partial charge on any atom is -0.490 e. The second-order valence-electron chi connectivity index (χ2n) is 9.83. The van der Waals surface area contributed by atoms with Crippen LogP contribution in [0.25, 0.3) is 6.08 Å². The first-order valence-corrected chi connectivity index (χ1v) is 14.5. The number of esters is 1. The summed E-state index contributed by atoms with van der Waals surface area (Å²) in [5.74, 6) is 0.0139. The molecule has 1 amide bonds. The van der Waals surface area contributed by atoms with E-state index in [9.17, 15) is 14.4 Å². The van der Waals surface area contributed by atoms with Gasteiger partial charge in [-0.15, -0.1) is 0 Å². The standard InChI is InChI=1S/C33H31N3O6S/c1-5-41-26-17-22(13-16-25(26)42-19-28(37)35-24-14-11-20(2)12-15-24)18-27-31(38)36-30(23-9-7-6-8-10-23)29(32(39)40-4)21(3)34-33(36)43-27/h6-18,30H,5,19H2,1-4H3,(H,35,37). The molecule has 1 aromatic heterocycles. The van der Waals surface area contributed by atoms with Gasteiger partial charge >= 0.3 is 5.97 Å². The van der Waals surface area contributed by atoms with Crippen molar-refractivity contribution in [3.63, 3.8) is 0 Å². The van der Waals surface area contributed by atoms with Crippen molar-refractivity contribution in [2.24, 2.45) is 4.99 Å². The van der Waals surface area contributed by atoms with Gasteiger partial charge in [0, 0.05) is 5.69 Å². The zero-order valence-corrected chi connectivity index (χ0v) is 25.1. The molecule has 4 aromatic rings. The van der Waals surface area contributed by atoms with Crippen LogP contribution in [0.3, 0.4) is 0 Å². The van der Waals surface area contributed by atoms with Crippen LogP contribution in [-0.2, 0) is 14.3 Å². The van der Waals surface area contributed by atoms with Gasteiger partial charge in [-0.3, -0.25) is 14.2 Å². The number of aryl methyl sites for hydroxylation is 1. The lowest BCUT2D eigenvalue weighted by Crippen LogP contribution is -2.39. The van der Waals surface area contributed by atoms with Gasteiger partial charge in [0.25, 0.3) is 11.5 Å². The Hall–Kier alpha value is -4.96. The third-order valence-electron chi connectivity index (χ3n) is 6.80. The number of hydrogen-bond acceptors (Lipinski definition) is 8. The van der Waals surface area contributed by atoms with Gasteiger partial charge in [-0.2, -0.15) is 0 Å². The number of amides is 1. The number of hydrogen-bond donors (Lipinski definition) is 1. The van der Waals surface area contributed by atoms with Crippen LogP contribution in [0.1, 0.15) is 36.6 Å². The molecule has 10 heteroatoms. The van der Waals surface area contributed by atoms with Gasteiger partial charge in [-0.1, -0.05) is 65.4 Å². The molecule has 1 unspecified atom stereocenters. The number of methoxy groups -OCH3 is 1. The van der Waals surface area contributed by atoms with E-state index < -0.39 is 12.0 Å². The molecular formula is C33H31N3O6S. The molecule has 2 heterocycles. The first-order chi connectivity index (χ1) is 20.8. The molecule has 0 spiro atoms. The Kier molecular flexibility index (Phi) is 8.87. The van der Waals surface area contributed by atoms with Crippen LogP contribution in [-0.4, -0.2) is 36.8 Å². The van der Waals surface area contributed by atoms with Gasteiger partial charge < -0.3 is 19.5 Å². The number of benzene rings is 3. The van der Waals surface area contributed by atoms with Gasteiger partial charge in [0.05, 0.1) is 35.6 Å². The zero-order valence-electron chi connectivity index (χ0n) is 24.2. The summed E-state index contributed by atoms with van der Waals surface area (Å²) >= 11 is 1.24. The third kappa shape index (κ3) is 6.44. The number of allylic oxidation sites excluding steroid dienone is 1. The average molecular weight is 598 g/mol. The van der Waals surface area contributed by atoms with Crippen molar-refractivity contribution in [1.82, 2.24) is 4.57 Å². The SMILES string of the molecule is CCOc1cc(C=c2sc3n(c2=O)C(c2ccccc2)C(C(=O)OC)=C(C)N=3)ccc1OCC(=O)Nc1ccc(C)cc1. The lowest BCUT2D eigenvalue weighted by molar-refractivity contribution is -0.136. The monoisotopic (exact) mass is 597 g/mol. The molecule has 0 fully saturated rings. The second-order valence-corrected chi connectivity index (χ2v) is 10.8. The predicted octanol–water partition coefficient (Wildman–Crippen LogP) is 4.13. The minimum absolute atomic E-state index is 0.201. The smallest absolute Gasteiger partial charge is 0.338 e. The van der Waals surface area contributed by atoms with Crippen LogP contribution in [0.4, 0.5) is 5.69 Å². The number of aromatic nitrogens is 1. The Morgan fingerprint density at radius 3 is 2.44 bits per heavy atom. The van der Waals surface area contributed by atoms with Gasteiger partial charge in [0.1, 0.15) is 0 Å². The Labute approximate surface area is 252 Å². The maximum Gasteiger partial charge on any atom is 0.338 e. The molecule has 1 atom stereocenters. The normalized spacial score (nSPS) is 14.5. The summed E-state index contributed by atoms with van der Waals surface area (Å²) in [6.07, 6.45) is 1.75. The van der Waals surface area contributed by atoms with E-state index in [0.717, 1.165) is 11.1 Å². The van der Waals surface area contributed by atoms with E-state index in [1.165, 1.54) is 18.4 Å². The first-order valence-electron chi connectivity index (χ1n) is 13.7. The molecule has 3 aromatic carbocycles. The van der Waals surface area contributed by atoms with Crippen LogP contribution in [0, 0.1) is 6.92 Å². The molecule has 5 rings (SSSR count). The molecule has 43 heavy (non-hydrogen) atoms. The zero-order chi connectivity index (χ0) is 30.5. The van der Waals surface area contributed by atoms with Crippen molar-refractivity contribution in [1.29, 1.82) is 0 Å². The largest absolute Gasteiger partial charge is 0.490 e. The average Bonchev–Trinajstić information content (AvgIpc) is 3.31. The van der Waals surface area contributed by atoms with Gasteiger partial charge in [0.2, 0.25) is 0 Å².